The molecule has 122 valence electrons. The number of nitrogens with one attached hydrogen (secondary N) is 1. The van der Waals surface area contributed by atoms with Gasteiger partial charge in [0.2, 0.25) is 0 Å². The highest BCUT2D eigenvalue weighted by atomic mass is 19.1. The maximum absolute atomic E-state index is 14.1. The lowest BCUT2D eigenvalue weighted by atomic mass is 10.0. The number of aromatic nitrogens is 3. The summed E-state index contributed by atoms with van der Waals surface area (Å²) in [6.07, 6.45) is 2.08. The van der Waals surface area contributed by atoms with Crippen LogP contribution in [0.2, 0.25) is 0 Å². The second kappa shape index (κ2) is 6.40. The number of halogens is 1. The fourth-order valence-electron chi connectivity index (χ4n) is 2.82. The summed E-state index contributed by atoms with van der Waals surface area (Å²) in [6.45, 7) is 7.99. The second-order valence-electron chi connectivity index (χ2n) is 6.07. The molecule has 4 heteroatoms. The minimum absolute atomic E-state index is 0.297. The Labute approximate surface area is 141 Å². The molecule has 0 fully saturated rings. The van der Waals surface area contributed by atoms with Crippen LogP contribution in [0, 0.1) is 26.6 Å². The Morgan fingerprint density at radius 3 is 2.29 bits per heavy atom. The normalized spacial score (nSPS) is 11.8. The minimum Gasteiger partial charge on any atom is -0.259 e. The molecule has 0 aliphatic rings. The first-order valence-electron chi connectivity index (χ1n) is 7.90. The van der Waals surface area contributed by atoms with Crippen LogP contribution in [0.5, 0.6) is 0 Å². The van der Waals surface area contributed by atoms with E-state index in [9.17, 15) is 4.39 Å². The van der Waals surface area contributed by atoms with Crippen LogP contribution in [-0.2, 0) is 0 Å². The van der Waals surface area contributed by atoms with E-state index in [-0.39, 0.29) is 5.82 Å². The summed E-state index contributed by atoms with van der Waals surface area (Å²) in [6, 6.07) is 11.2. The van der Waals surface area contributed by atoms with Gasteiger partial charge in [0.25, 0.3) is 0 Å². The number of rotatable bonds is 3. The van der Waals surface area contributed by atoms with E-state index in [1.54, 1.807) is 6.07 Å². The molecule has 2 aromatic carbocycles. The summed E-state index contributed by atoms with van der Waals surface area (Å²) in [7, 11) is 0. The van der Waals surface area contributed by atoms with E-state index in [2.05, 4.69) is 47.2 Å². The van der Waals surface area contributed by atoms with Gasteiger partial charge in [-0.25, -0.2) is 9.37 Å². The van der Waals surface area contributed by atoms with E-state index in [4.69, 9.17) is 0 Å². The summed E-state index contributed by atoms with van der Waals surface area (Å²) in [5.74, 6) is 0.735. The van der Waals surface area contributed by atoms with Crippen molar-refractivity contribution in [1.82, 2.24) is 15.2 Å². The lowest BCUT2D eigenvalue weighted by Crippen LogP contribution is -1.91. The van der Waals surface area contributed by atoms with Gasteiger partial charge in [0.1, 0.15) is 5.82 Å². The molecule has 1 heterocycles. The Kier molecular flexibility index (Phi) is 4.30. The van der Waals surface area contributed by atoms with Gasteiger partial charge >= 0.3 is 0 Å². The monoisotopic (exact) mass is 321 g/mol. The first-order valence-corrected chi connectivity index (χ1v) is 7.90. The molecule has 0 radical (unpaired) electrons. The minimum atomic E-state index is -0.297. The van der Waals surface area contributed by atoms with E-state index < -0.39 is 0 Å². The Bertz CT molecular complexity index is 882. The molecule has 0 bridgehead atoms. The molecular formula is C20H20FN3. The first-order chi connectivity index (χ1) is 11.5. The van der Waals surface area contributed by atoms with Gasteiger partial charge in [-0.3, -0.25) is 5.10 Å². The molecule has 0 aliphatic carbocycles. The zero-order valence-electron chi connectivity index (χ0n) is 14.3. The number of aryl methyl sites for hydroxylation is 3. The van der Waals surface area contributed by atoms with Crippen molar-refractivity contribution in [1.29, 1.82) is 0 Å². The van der Waals surface area contributed by atoms with Crippen LogP contribution in [0.3, 0.4) is 0 Å². The number of benzene rings is 2. The van der Waals surface area contributed by atoms with Gasteiger partial charge in [0, 0.05) is 0 Å². The zero-order valence-corrected chi connectivity index (χ0v) is 14.3. The topological polar surface area (TPSA) is 41.6 Å². The van der Waals surface area contributed by atoms with E-state index in [0.29, 0.717) is 17.2 Å². The molecule has 0 saturated carbocycles. The molecule has 3 rings (SSSR count). The fraction of sp³-hybridized carbons (Fsp3) is 0.200. The van der Waals surface area contributed by atoms with Crippen LogP contribution in [0.4, 0.5) is 4.39 Å². The van der Waals surface area contributed by atoms with E-state index in [0.717, 1.165) is 11.1 Å². The van der Waals surface area contributed by atoms with Crippen LogP contribution >= 0.6 is 0 Å². The van der Waals surface area contributed by atoms with Gasteiger partial charge in [-0.2, -0.15) is 5.10 Å². The van der Waals surface area contributed by atoms with Crippen molar-refractivity contribution in [3.05, 3.63) is 70.3 Å². The summed E-state index contributed by atoms with van der Waals surface area (Å²) in [5, 5.41) is 7.12. The number of allylic oxidation sites excluding steroid dienone is 1. The molecule has 0 atom stereocenters. The Hall–Kier alpha value is -2.75. The van der Waals surface area contributed by atoms with Gasteiger partial charge in [-0.1, -0.05) is 30.3 Å². The molecule has 0 aliphatic heterocycles. The molecular weight excluding hydrogens is 301 g/mol. The van der Waals surface area contributed by atoms with Gasteiger partial charge in [-0.15, -0.1) is 0 Å². The van der Waals surface area contributed by atoms with Crippen LogP contribution in [-0.4, -0.2) is 15.2 Å². The Balaban J connectivity index is 2.00. The lowest BCUT2D eigenvalue weighted by Gasteiger charge is -2.05. The summed E-state index contributed by atoms with van der Waals surface area (Å²) >= 11 is 0. The molecule has 1 aromatic heterocycles. The van der Waals surface area contributed by atoms with Gasteiger partial charge in [-0.05, 0) is 67.7 Å². The largest absolute Gasteiger partial charge is 0.259 e. The SMILES string of the molecule is C/C(=C\c1c(C)cccc1C)c1n[nH]c(-c2c(C)cccc2F)n1. The highest BCUT2D eigenvalue weighted by Gasteiger charge is 2.14. The smallest absolute Gasteiger partial charge is 0.177 e. The van der Waals surface area contributed by atoms with Gasteiger partial charge in [0.15, 0.2) is 11.6 Å². The molecule has 0 saturated heterocycles. The molecule has 3 aromatic rings. The molecule has 0 amide bonds. The third-order valence-corrected chi connectivity index (χ3v) is 4.20. The first kappa shape index (κ1) is 16.1. The molecule has 24 heavy (non-hydrogen) atoms. The third kappa shape index (κ3) is 3.00. The number of hydrogen-bond donors (Lipinski definition) is 1. The van der Waals surface area contributed by atoms with E-state index in [1.807, 2.05) is 26.0 Å². The maximum atomic E-state index is 14.1. The van der Waals surface area contributed by atoms with Crippen molar-refractivity contribution in [2.75, 3.05) is 0 Å². The number of nitrogens with zero attached hydrogens (tertiary/aromatic N) is 2. The van der Waals surface area contributed by atoms with Crippen LogP contribution in [0.1, 0.15) is 35.0 Å². The van der Waals surface area contributed by atoms with Crippen LogP contribution in [0.25, 0.3) is 23.0 Å². The molecule has 0 spiro atoms. The fourth-order valence-corrected chi connectivity index (χ4v) is 2.82. The highest BCUT2D eigenvalue weighted by Crippen LogP contribution is 2.25. The average Bonchev–Trinajstić information content (AvgIpc) is 3.00. The van der Waals surface area contributed by atoms with Crippen molar-refractivity contribution < 1.29 is 4.39 Å². The van der Waals surface area contributed by atoms with Crippen molar-refractivity contribution in [2.24, 2.45) is 0 Å². The Morgan fingerprint density at radius 1 is 1.00 bits per heavy atom. The van der Waals surface area contributed by atoms with Crippen molar-refractivity contribution >= 4 is 11.6 Å². The van der Waals surface area contributed by atoms with Crippen molar-refractivity contribution in [3.63, 3.8) is 0 Å². The summed E-state index contributed by atoms with van der Waals surface area (Å²) < 4.78 is 14.1. The number of aromatic amines is 1. The average molecular weight is 321 g/mol. The number of hydrogen-bond acceptors (Lipinski definition) is 2. The molecule has 1 N–H and O–H groups in total. The zero-order chi connectivity index (χ0) is 17.3. The molecule has 0 unspecified atom stereocenters. The second-order valence-corrected chi connectivity index (χ2v) is 6.07. The van der Waals surface area contributed by atoms with E-state index in [1.165, 1.54) is 22.8 Å². The van der Waals surface area contributed by atoms with Gasteiger partial charge in [0.05, 0.1) is 5.56 Å². The summed E-state index contributed by atoms with van der Waals surface area (Å²) in [4.78, 5) is 4.48. The van der Waals surface area contributed by atoms with Gasteiger partial charge < -0.3 is 0 Å². The van der Waals surface area contributed by atoms with Crippen molar-refractivity contribution in [2.45, 2.75) is 27.7 Å². The predicted molar refractivity (Wildman–Crippen MR) is 96.0 cm³/mol. The lowest BCUT2D eigenvalue weighted by molar-refractivity contribution is 0.629. The highest BCUT2D eigenvalue weighted by molar-refractivity contribution is 5.80. The number of H-pyrrole nitrogens is 1. The summed E-state index contributed by atoms with van der Waals surface area (Å²) in [5.41, 5.74) is 5.81. The Morgan fingerprint density at radius 2 is 1.62 bits per heavy atom. The predicted octanol–water partition coefficient (Wildman–Crippen LogP) is 5.10. The van der Waals surface area contributed by atoms with Crippen LogP contribution < -0.4 is 0 Å². The standard InChI is InChI=1S/C20H20FN3/c1-12-7-5-8-13(2)16(12)11-15(4)19-22-20(24-23-19)18-14(3)9-6-10-17(18)21/h5-11H,1-4H3,(H,22,23,24)/b15-11+. The van der Waals surface area contributed by atoms with Crippen molar-refractivity contribution in [3.8, 4) is 11.4 Å². The third-order valence-electron chi connectivity index (χ3n) is 4.20. The van der Waals surface area contributed by atoms with E-state index >= 15 is 0 Å². The van der Waals surface area contributed by atoms with Crippen LogP contribution in [0.15, 0.2) is 36.4 Å². The maximum Gasteiger partial charge on any atom is 0.177 e. The molecule has 3 nitrogen and oxygen atoms in total. The quantitative estimate of drug-likeness (QED) is 0.729.